The molecule has 6 nitrogen and oxygen atoms in total. The SMILES string of the molecule is O=C(NCc1ccc(N2CCC(O)CC2)c(F)c1)N1CCCN(c2ccccc2)CC1. The first-order valence-electron chi connectivity index (χ1n) is 11.1. The molecule has 2 aliphatic heterocycles. The Balaban J connectivity index is 1.29. The van der Waals surface area contributed by atoms with Gasteiger partial charge in [0.05, 0.1) is 11.8 Å². The molecule has 0 bridgehead atoms. The minimum Gasteiger partial charge on any atom is -0.393 e. The molecule has 2 amide bonds. The lowest BCUT2D eigenvalue weighted by Gasteiger charge is -2.31. The predicted octanol–water partition coefficient (Wildman–Crippen LogP) is 3.21. The maximum atomic E-state index is 14.6. The van der Waals surface area contributed by atoms with Gasteiger partial charge in [0.1, 0.15) is 5.82 Å². The van der Waals surface area contributed by atoms with Crippen LogP contribution >= 0.6 is 0 Å². The van der Waals surface area contributed by atoms with E-state index in [-0.39, 0.29) is 18.0 Å². The first kappa shape index (κ1) is 21.4. The van der Waals surface area contributed by atoms with E-state index in [1.807, 2.05) is 34.1 Å². The minimum absolute atomic E-state index is 0.107. The highest BCUT2D eigenvalue weighted by Crippen LogP contribution is 2.24. The van der Waals surface area contributed by atoms with Gasteiger partial charge in [0.15, 0.2) is 0 Å². The van der Waals surface area contributed by atoms with Crippen molar-refractivity contribution in [2.75, 3.05) is 49.1 Å². The van der Waals surface area contributed by atoms with Crippen molar-refractivity contribution >= 4 is 17.4 Å². The summed E-state index contributed by atoms with van der Waals surface area (Å²) in [6.45, 7) is 4.71. The largest absolute Gasteiger partial charge is 0.393 e. The number of hydrogen-bond donors (Lipinski definition) is 2. The van der Waals surface area contributed by atoms with E-state index in [0.29, 0.717) is 51.3 Å². The quantitative estimate of drug-likeness (QED) is 0.788. The van der Waals surface area contributed by atoms with Crippen LogP contribution in [0, 0.1) is 5.82 Å². The van der Waals surface area contributed by atoms with E-state index in [1.54, 1.807) is 6.07 Å². The molecule has 2 heterocycles. The number of urea groups is 1. The summed E-state index contributed by atoms with van der Waals surface area (Å²) >= 11 is 0. The van der Waals surface area contributed by atoms with Crippen molar-refractivity contribution in [2.24, 2.45) is 0 Å². The highest BCUT2D eigenvalue weighted by atomic mass is 19.1. The number of aliphatic hydroxyl groups is 1. The second-order valence-electron chi connectivity index (χ2n) is 8.33. The number of para-hydroxylation sites is 1. The molecule has 7 heteroatoms. The number of benzene rings is 2. The minimum atomic E-state index is -0.285. The number of nitrogens with zero attached hydrogens (tertiary/aromatic N) is 3. The second-order valence-corrected chi connectivity index (χ2v) is 8.33. The zero-order valence-electron chi connectivity index (χ0n) is 17.8. The van der Waals surface area contributed by atoms with Crippen molar-refractivity contribution < 1.29 is 14.3 Å². The molecular weight excluding hydrogens is 395 g/mol. The summed E-state index contributed by atoms with van der Waals surface area (Å²) in [5.74, 6) is -0.281. The number of carbonyl (C=O) groups is 1. The molecule has 2 aromatic rings. The van der Waals surface area contributed by atoms with Gasteiger partial charge in [-0.1, -0.05) is 24.3 Å². The van der Waals surface area contributed by atoms with Crippen LogP contribution in [0.4, 0.5) is 20.6 Å². The Hall–Kier alpha value is -2.80. The molecule has 2 fully saturated rings. The van der Waals surface area contributed by atoms with Gasteiger partial charge in [0.2, 0.25) is 0 Å². The molecule has 0 aromatic heterocycles. The summed E-state index contributed by atoms with van der Waals surface area (Å²) in [4.78, 5) is 18.8. The molecule has 2 aromatic carbocycles. The Morgan fingerprint density at radius 1 is 0.968 bits per heavy atom. The number of aliphatic hydroxyl groups excluding tert-OH is 1. The van der Waals surface area contributed by atoms with Crippen molar-refractivity contribution in [2.45, 2.75) is 31.9 Å². The van der Waals surface area contributed by atoms with E-state index in [9.17, 15) is 14.3 Å². The number of nitrogens with one attached hydrogen (secondary N) is 1. The Kier molecular flexibility index (Phi) is 6.92. The van der Waals surface area contributed by atoms with Gasteiger partial charge in [-0.25, -0.2) is 9.18 Å². The normalized spacial score (nSPS) is 18.1. The monoisotopic (exact) mass is 426 g/mol. The zero-order chi connectivity index (χ0) is 21.6. The highest BCUT2D eigenvalue weighted by molar-refractivity contribution is 5.74. The average molecular weight is 427 g/mol. The number of anilines is 2. The van der Waals surface area contributed by atoms with Gasteiger partial charge < -0.3 is 25.1 Å². The van der Waals surface area contributed by atoms with Crippen molar-refractivity contribution in [3.8, 4) is 0 Å². The summed E-state index contributed by atoms with van der Waals surface area (Å²) in [6.07, 6.45) is 1.95. The third-order valence-electron chi connectivity index (χ3n) is 6.17. The maximum absolute atomic E-state index is 14.6. The molecule has 0 unspecified atom stereocenters. The maximum Gasteiger partial charge on any atom is 0.317 e. The lowest BCUT2D eigenvalue weighted by atomic mass is 10.1. The van der Waals surface area contributed by atoms with Gasteiger partial charge in [-0.2, -0.15) is 0 Å². The van der Waals surface area contributed by atoms with Crippen molar-refractivity contribution in [1.29, 1.82) is 0 Å². The van der Waals surface area contributed by atoms with E-state index in [2.05, 4.69) is 22.3 Å². The molecule has 2 saturated heterocycles. The summed E-state index contributed by atoms with van der Waals surface area (Å²) in [6, 6.07) is 15.3. The van der Waals surface area contributed by atoms with E-state index < -0.39 is 0 Å². The number of carbonyl (C=O) groups excluding carboxylic acids is 1. The number of rotatable bonds is 4. The molecule has 31 heavy (non-hydrogen) atoms. The number of amides is 2. The van der Waals surface area contributed by atoms with Crippen molar-refractivity contribution in [1.82, 2.24) is 10.2 Å². The third kappa shape index (κ3) is 5.47. The average Bonchev–Trinajstić information content (AvgIpc) is 3.05. The lowest BCUT2D eigenvalue weighted by molar-refractivity contribution is 0.145. The van der Waals surface area contributed by atoms with Crippen LogP contribution in [-0.4, -0.2) is 61.4 Å². The smallest absolute Gasteiger partial charge is 0.317 e. The second kappa shape index (κ2) is 10.0. The zero-order valence-corrected chi connectivity index (χ0v) is 17.8. The van der Waals surface area contributed by atoms with E-state index in [1.165, 1.54) is 11.8 Å². The third-order valence-corrected chi connectivity index (χ3v) is 6.17. The van der Waals surface area contributed by atoms with Crippen LogP contribution in [0.1, 0.15) is 24.8 Å². The van der Waals surface area contributed by atoms with Crippen LogP contribution in [0.15, 0.2) is 48.5 Å². The Morgan fingerprint density at radius 2 is 1.74 bits per heavy atom. The molecule has 4 rings (SSSR count). The molecule has 2 aliphatic rings. The Morgan fingerprint density at radius 3 is 2.48 bits per heavy atom. The summed E-state index contributed by atoms with van der Waals surface area (Å²) in [7, 11) is 0. The number of piperidine rings is 1. The van der Waals surface area contributed by atoms with Gasteiger partial charge in [0.25, 0.3) is 0 Å². The van der Waals surface area contributed by atoms with Crippen molar-refractivity contribution in [3.63, 3.8) is 0 Å². The van der Waals surface area contributed by atoms with Gasteiger partial charge in [-0.3, -0.25) is 0 Å². The van der Waals surface area contributed by atoms with Crippen LogP contribution in [0.5, 0.6) is 0 Å². The van der Waals surface area contributed by atoms with Crippen LogP contribution in [0.25, 0.3) is 0 Å². The van der Waals surface area contributed by atoms with Crippen LogP contribution in [0.2, 0.25) is 0 Å². The molecule has 0 spiro atoms. The van der Waals surface area contributed by atoms with E-state index >= 15 is 0 Å². The first-order valence-corrected chi connectivity index (χ1v) is 11.1. The molecule has 2 N–H and O–H groups in total. The molecule has 0 radical (unpaired) electrons. The summed E-state index contributed by atoms with van der Waals surface area (Å²) in [5.41, 5.74) is 2.49. The summed E-state index contributed by atoms with van der Waals surface area (Å²) < 4.78 is 14.6. The lowest BCUT2D eigenvalue weighted by Crippen LogP contribution is -2.41. The molecule has 0 saturated carbocycles. The van der Waals surface area contributed by atoms with Crippen LogP contribution in [0.3, 0.4) is 0 Å². The summed E-state index contributed by atoms with van der Waals surface area (Å²) in [5, 5.41) is 12.6. The topological polar surface area (TPSA) is 59.1 Å². The highest BCUT2D eigenvalue weighted by Gasteiger charge is 2.21. The number of hydrogen-bond acceptors (Lipinski definition) is 4. The number of halogens is 1. The van der Waals surface area contributed by atoms with Crippen molar-refractivity contribution in [3.05, 3.63) is 59.9 Å². The van der Waals surface area contributed by atoms with Gasteiger partial charge >= 0.3 is 6.03 Å². The Labute approximate surface area is 183 Å². The van der Waals surface area contributed by atoms with E-state index in [0.717, 1.165) is 25.1 Å². The van der Waals surface area contributed by atoms with Gasteiger partial charge in [-0.15, -0.1) is 0 Å². The fraction of sp³-hybridized carbons (Fsp3) is 0.458. The first-order chi connectivity index (χ1) is 15.1. The fourth-order valence-electron chi connectivity index (χ4n) is 4.33. The molecule has 0 aliphatic carbocycles. The molecule has 166 valence electrons. The molecular formula is C24H31FN4O2. The fourth-order valence-corrected chi connectivity index (χ4v) is 4.33. The van der Waals surface area contributed by atoms with Gasteiger partial charge in [0, 0.05) is 51.5 Å². The van der Waals surface area contributed by atoms with Crippen LogP contribution < -0.4 is 15.1 Å². The predicted molar refractivity (Wildman–Crippen MR) is 121 cm³/mol. The Bertz CT molecular complexity index is 871. The van der Waals surface area contributed by atoms with E-state index in [4.69, 9.17) is 0 Å². The molecule has 0 atom stereocenters. The van der Waals surface area contributed by atoms with Crippen LogP contribution in [-0.2, 0) is 6.54 Å². The standard InChI is InChI=1S/C24H31FN4O2/c25-22-17-19(7-8-23(22)28-13-9-21(30)10-14-28)18-26-24(31)29-12-4-11-27(15-16-29)20-5-2-1-3-6-20/h1-3,5-8,17,21,30H,4,9-16,18H2,(H,26,31). The van der Waals surface area contributed by atoms with Gasteiger partial charge in [-0.05, 0) is 49.1 Å².